The van der Waals surface area contributed by atoms with Crippen molar-refractivity contribution in [3.8, 4) is 5.75 Å². The van der Waals surface area contributed by atoms with Crippen molar-refractivity contribution in [3.63, 3.8) is 0 Å². The van der Waals surface area contributed by atoms with Crippen molar-refractivity contribution in [3.05, 3.63) is 35.4 Å². The number of carbonyl (C=O) groups excluding carboxylic acids is 2. The van der Waals surface area contributed by atoms with Gasteiger partial charge in [0.15, 0.2) is 5.78 Å². The lowest BCUT2D eigenvalue weighted by Crippen LogP contribution is -2.16. The number of hydrogen-bond donors (Lipinski definition) is 1. The van der Waals surface area contributed by atoms with E-state index in [1.807, 2.05) is 0 Å². The zero-order chi connectivity index (χ0) is 14.3. The second kappa shape index (κ2) is 7.33. The number of rotatable bonds is 6. The van der Waals surface area contributed by atoms with Crippen LogP contribution in [0.2, 0.25) is 0 Å². The molecule has 0 aromatic heterocycles. The predicted molar refractivity (Wildman–Crippen MR) is 69.6 cm³/mol. The van der Waals surface area contributed by atoms with Gasteiger partial charge in [0.2, 0.25) is 0 Å². The zero-order valence-electron chi connectivity index (χ0n) is 10.9. The maximum Gasteiger partial charge on any atom is 0.341 e. The third-order valence-electron chi connectivity index (χ3n) is 2.32. The molecule has 0 saturated carbocycles. The van der Waals surface area contributed by atoms with Gasteiger partial charge in [0.25, 0.3) is 0 Å². The fourth-order valence-corrected chi connectivity index (χ4v) is 1.34. The molecule has 0 atom stereocenters. The van der Waals surface area contributed by atoms with Crippen LogP contribution in [-0.4, -0.2) is 37.2 Å². The molecule has 0 aliphatic heterocycles. The van der Waals surface area contributed by atoms with E-state index in [-0.39, 0.29) is 30.3 Å². The van der Waals surface area contributed by atoms with Gasteiger partial charge >= 0.3 is 5.97 Å². The van der Waals surface area contributed by atoms with Crippen LogP contribution in [0.4, 0.5) is 0 Å². The molecule has 0 aliphatic carbocycles. The molecule has 0 spiro atoms. The van der Waals surface area contributed by atoms with E-state index in [2.05, 4.69) is 0 Å². The Morgan fingerprint density at radius 1 is 1.21 bits per heavy atom. The fourth-order valence-electron chi connectivity index (χ4n) is 1.34. The van der Waals surface area contributed by atoms with Gasteiger partial charge in [-0.25, -0.2) is 4.79 Å². The van der Waals surface area contributed by atoms with Crippen molar-refractivity contribution in [1.29, 1.82) is 0 Å². The normalized spacial score (nSPS) is 11.2. The fraction of sp³-hybridized carbons (Fsp3) is 0.286. The first-order chi connectivity index (χ1) is 9.04. The molecule has 0 unspecified atom stereocenters. The highest BCUT2D eigenvalue weighted by atomic mass is 16.6. The maximum atomic E-state index is 11.7. The summed E-state index contributed by atoms with van der Waals surface area (Å²) >= 11 is 0. The van der Waals surface area contributed by atoms with E-state index in [1.54, 1.807) is 12.1 Å². The Hall–Kier alpha value is -2.14. The minimum atomic E-state index is -0.683. The molecule has 0 aliphatic rings. The van der Waals surface area contributed by atoms with Gasteiger partial charge in [-0.15, -0.1) is 0 Å². The van der Waals surface area contributed by atoms with Gasteiger partial charge in [-0.1, -0.05) is 12.1 Å². The molecule has 1 aromatic rings. The van der Waals surface area contributed by atoms with Gasteiger partial charge in [-0.05, 0) is 30.7 Å². The number of Topliss-reactive ketones (excluding diaryl/α,β-unsaturated/α-hetero) is 1. The first kappa shape index (κ1) is 14.9. The van der Waals surface area contributed by atoms with Crippen molar-refractivity contribution in [1.82, 2.24) is 0 Å². The van der Waals surface area contributed by atoms with Crippen molar-refractivity contribution >= 4 is 17.8 Å². The summed E-state index contributed by atoms with van der Waals surface area (Å²) in [5.41, 5.74) is 0.591. The summed E-state index contributed by atoms with van der Waals surface area (Å²) < 4.78 is 9.65. The van der Waals surface area contributed by atoms with Crippen LogP contribution in [0.1, 0.15) is 12.5 Å². The summed E-state index contributed by atoms with van der Waals surface area (Å²) in [4.78, 5) is 23.2. The molecule has 1 aromatic carbocycles. The van der Waals surface area contributed by atoms with Gasteiger partial charge in [-0.3, -0.25) is 4.79 Å². The van der Waals surface area contributed by atoms with Crippen molar-refractivity contribution in [2.45, 2.75) is 6.92 Å². The lowest BCUT2D eigenvalue weighted by Gasteiger charge is -2.05. The van der Waals surface area contributed by atoms with E-state index in [0.717, 1.165) is 0 Å². The van der Waals surface area contributed by atoms with Gasteiger partial charge in [0.1, 0.15) is 17.9 Å². The van der Waals surface area contributed by atoms with Crippen LogP contribution < -0.4 is 0 Å². The minimum Gasteiger partial charge on any atom is -0.508 e. The number of carbonyl (C=O) groups is 2. The third kappa shape index (κ3) is 4.93. The largest absolute Gasteiger partial charge is 0.508 e. The number of phenols is 1. The molecule has 19 heavy (non-hydrogen) atoms. The Labute approximate surface area is 111 Å². The first-order valence-corrected chi connectivity index (χ1v) is 5.72. The standard InChI is InChI=1S/C14H16O5/c1-10(15)13(14(17)19-8-7-18-2)9-11-3-5-12(16)6-4-11/h3-6,9,16H,7-8H2,1-2H3/b13-9+. The maximum absolute atomic E-state index is 11.7. The lowest BCUT2D eigenvalue weighted by atomic mass is 10.1. The van der Waals surface area contributed by atoms with Crippen LogP contribution in [0.5, 0.6) is 5.75 Å². The van der Waals surface area contributed by atoms with Gasteiger partial charge in [-0.2, -0.15) is 0 Å². The monoisotopic (exact) mass is 264 g/mol. The molecule has 0 amide bonds. The second-order valence-electron chi connectivity index (χ2n) is 3.83. The minimum absolute atomic E-state index is 0.0400. The van der Waals surface area contributed by atoms with Gasteiger partial charge in [0, 0.05) is 7.11 Å². The number of hydrogen-bond acceptors (Lipinski definition) is 5. The average molecular weight is 264 g/mol. The molecule has 0 heterocycles. The number of methoxy groups -OCH3 is 1. The van der Waals surface area contributed by atoms with Gasteiger partial charge < -0.3 is 14.6 Å². The molecule has 5 heteroatoms. The second-order valence-corrected chi connectivity index (χ2v) is 3.83. The highest BCUT2D eigenvalue weighted by Crippen LogP contribution is 2.14. The van der Waals surface area contributed by atoms with Crippen LogP contribution >= 0.6 is 0 Å². The lowest BCUT2D eigenvalue weighted by molar-refractivity contribution is -0.141. The van der Waals surface area contributed by atoms with Crippen molar-refractivity contribution in [2.24, 2.45) is 0 Å². The summed E-state index contributed by atoms with van der Waals surface area (Å²) in [6.45, 7) is 1.66. The Kier molecular flexibility index (Phi) is 5.75. The van der Waals surface area contributed by atoms with E-state index in [0.29, 0.717) is 5.56 Å². The van der Waals surface area contributed by atoms with Crippen LogP contribution in [0.15, 0.2) is 29.8 Å². The number of phenolic OH excluding ortho intramolecular Hbond substituents is 1. The average Bonchev–Trinajstić information content (AvgIpc) is 2.37. The van der Waals surface area contributed by atoms with Crippen LogP contribution in [0, 0.1) is 0 Å². The molecule has 102 valence electrons. The number of ether oxygens (including phenoxy) is 2. The van der Waals surface area contributed by atoms with E-state index in [1.165, 1.54) is 32.2 Å². The highest BCUT2D eigenvalue weighted by Gasteiger charge is 2.15. The molecule has 5 nitrogen and oxygen atoms in total. The van der Waals surface area contributed by atoms with E-state index >= 15 is 0 Å². The van der Waals surface area contributed by atoms with Crippen molar-refractivity contribution in [2.75, 3.05) is 20.3 Å². The topological polar surface area (TPSA) is 72.8 Å². The summed E-state index contributed by atoms with van der Waals surface area (Å²) in [5, 5.41) is 9.16. The van der Waals surface area contributed by atoms with E-state index in [9.17, 15) is 9.59 Å². The number of ketones is 1. The van der Waals surface area contributed by atoms with Crippen molar-refractivity contribution < 1.29 is 24.2 Å². The molecule has 0 saturated heterocycles. The number of esters is 1. The van der Waals surface area contributed by atoms with Gasteiger partial charge in [0.05, 0.1) is 6.61 Å². The quantitative estimate of drug-likeness (QED) is 0.277. The van der Waals surface area contributed by atoms with Crippen LogP contribution in [-0.2, 0) is 19.1 Å². The predicted octanol–water partition coefficient (Wildman–Crippen LogP) is 1.55. The molecule has 0 radical (unpaired) electrons. The number of aromatic hydroxyl groups is 1. The Morgan fingerprint density at radius 3 is 2.37 bits per heavy atom. The Balaban J connectivity index is 2.84. The highest BCUT2D eigenvalue weighted by molar-refractivity contribution is 6.19. The number of benzene rings is 1. The third-order valence-corrected chi connectivity index (χ3v) is 2.32. The summed E-state index contributed by atoms with van der Waals surface area (Å²) in [7, 11) is 1.49. The van der Waals surface area contributed by atoms with Crippen LogP contribution in [0.3, 0.4) is 0 Å². The molecule has 1 rings (SSSR count). The zero-order valence-corrected chi connectivity index (χ0v) is 10.9. The smallest absolute Gasteiger partial charge is 0.341 e. The van der Waals surface area contributed by atoms with E-state index < -0.39 is 5.97 Å². The molecule has 0 fully saturated rings. The molecule has 0 bridgehead atoms. The van der Waals surface area contributed by atoms with E-state index in [4.69, 9.17) is 14.6 Å². The summed E-state index contributed by atoms with van der Waals surface area (Å²) in [6, 6.07) is 6.14. The molecule has 1 N–H and O–H groups in total. The molecular weight excluding hydrogens is 248 g/mol. The van der Waals surface area contributed by atoms with Crippen LogP contribution in [0.25, 0.3) is 6.08 Å². The SMILES string of the molecule is COCCOC(=O)/C(=C/c1ccc(O)cc1)C(C)=O. The Morgan fingerprint density at radius 2 is 1.84 bits per heavy atom. The summed E-state index contributed by atoms with van der Waals surface area (Å²) in [5.74, 6) is -0.947. The Bertz CT molecular complexity index is 473. The summed E-state index contributed by atoms with van der Waals surface area (Å²) in [6.07, 6.45) is 1.43. The molecular formula is C14H16O5. The first-order valence-electron chi connectivity index (χ1n) is 5.72.